The van der Waals surface area contributed by atoms with Crippen molar-refractivity contribution in [2.75, 3.05) is 31.0 Å². The number of benzene rings is 2. The number of aromatic nitrogens is 2. The van der Waals surface area contributed by atoms with Crippen LogP contribution in [0, 0.1) is 0 Å². The topological polar surface area (TPSA) is 76.6 Å². The number of nitrogens with one attached hydrogen (secondary N) is 1. The maximum absolute atomic E-state index is 12.8. The zero-order valence-corrected chi connectivity index (χ0v) is 16.0. The number of rotatable bonds is 7. The third-order valence-electron chi connectivity index (χ3n) is 4.16. The Morgan fingerprint density at radius 1 is 1.07 bits per heavy atom. The Labute approximate surface area is 164 Å². The Hall–Kier alpha value is -3.61. The lowest BCUT2D eigenvalue weighted by Crippen LogP contribution is -2.21. The average Bonchev–Trinajstić information content (AvgIpc) is 2.75. The van der Waals surface area contributed by atoms with Gasteiger partial charge in [0, 0.05) is 24.5 Å². The van der Waals surface area contributed by atoms with E-state index in [-0.39, 0.29) is 11.6 Å². The second-order valence-corrected chi connectivity index (χ2v) is 5.84. The minimum atomic E-state index is -0.362. The first-order chi connectivity index (χ1) is 13.7. The summed E-state index contributed by atoms with van der Waals surface area (Å²) in [6.45, 7) is 2.67. The molecule has 0 aliphatic carbocycles. The molecule has 2 aromatic carbocycles. The van der Waals surface area contributed by atoms with Gasteiger partial charge in [-0.3, -0.25) is 4.79 Å². The first-order valence-electron chi connectivity index (χ1n) is 8.85. The van der Waals surface area contributed by atoms with E-state index in [4.69, 9.17) is 9.47 Å². The van der Waals surface area contributed by atoms with Gasteiger partial charge in [-0.25, -0.2) is 9.97 Å². The first kappa shape index (κ1) is 19.2. The van der Waals surface area contributed by atoms with Crippen LogP contribution in [0.5, 0.6) is 11.5 Å². The van der Waals surface area contributed by atoms with Crippen LogP contribution in [-0.4, -0.2) is 36.6 Å². The summed E-state index contributed by atoms with van der Waals surface area (Å²) < 4.78 is 10.5. The molecule has 1 aromatic heterocycles. The second kappa shape index (κ2) is 8.85. The standard InChI is InChI=1S/C21H22N4O3/c1-4-25(15-8-6-5-7-9-15)21-22-13-12-17(24-21)20(26)23-18-14-16(27-2)10-11-19(18)28-3/h5-14H,4H2,1-3H3,(H,23,26). The SMILES string of the molecule is CCN(c1ccccc1)c1nccc(C(=O)Nc2cc(OC)ccc2OC)n1. The minimum absolute atomic E-state index is 0.254. The summed E-state index contributed by atoms with van der Waals surface area (Å²) in [6.07, 6.45) is 1.58. The molecule has 1 amide bonds. The first-order valence-corrected chi connectivity index (χ1v) is 8.85. The van der Waals surface area contributed by atoms with Crippen molar-refractivity contribution in [3.8, 4) is 11.5 Å². The highest BCUT2D eigenvalue weighted by Gasteiger charge is 2.16. The van der Waals surface area contributed by atoms with Crippen LogP contribution in [0.4, 0.5) is 17.3 Å². The molecular formula is C21H22N4O3. The molecule has 0 fully saturated rings. The van der Waals surface area contributed by atoms with Crippen LogP contribution in [0.3, 0.4) is 0 Å². The molecule has 0 saturated heterocycles. The quantitative estimate of drug-likeness (QED) is 0.672. The lowest BCUT2D eigenvalue weighted by atomic mass is 10.2. The van der Waals surface area contributed by atoms with Crippen molar-refractivity contribution in [2.45, 2.75) is 6.92 Å². The van der Waals surface area contributed by atoms with Crippen LogP contribution in [0.25, 0.3) is 0 Å². The predicted molar refractivity (Wildman–Crippen MR) is 109 cm³/mol. The van der Waals surface area contributed by atoms with Gasteiger partial charge in [-0.2, -0.15) is 0 Å². The Morgan fingerprint density at radius 2 is 1.86 bits per heavy atom. The number of nitrogens with zero attached hydrogens (tertiary/aromatic N) is 3. The van der Waals surface area contributed by atoms with E-state index >= 15 is 0 Å². The highest BCUT2D eigenvalue weighted by molar-refractivity contribution is 6.04. The number of hydrogen-bond donors (Lipinski definition) is 1. The van der Waals surface area contributed by atoms with Gasteiger partial charge in [0.05, 0.1) is 19.9 Å². The molecular weight excluding hydrogens is 356 g/mol. The highest BCUT2D eigenvalue weighted by atomic mass is 16.5. The fourth-order valence-corrected chi connectivity index (χ4v) is 2.75. The number of para-hydroxylation sites is 1. The van der Waals surface area contributed by atoms with E-state index in [0.717, 1.165) is 5.69 Å². The summed E-state index contributed by atoms with van der Waals surface area (Å²) in [5, 5.41) is 2.82. The average molecular weight is 378 g/mol. The van der Waals surface area contributed by atoms with Crippen LogP contribution in [0.15, 0.2) is 60.8 Å². The van der Waals surface area contributed by atoms with Crippen LogP contribution >= 0.6 is 0 Å². The van der Waals surface area contributed by atoms with Gasteiger partial charge in [-0.05, 0) is 37.3 Å². The molecule has 0 unspecified atom stereocenters. The van der Waals surface area contributed by atoms with E-state index in [1.807, 2.05) is 42.2 Å². The third kappa shape index (κ3) is 4.20. The molecule has 3 aromatic rings. The molecule has 144 valence electrons. The fraction of sp³-hybridized carbons (Fsp3) is 0.190. The van der Waals surface area contributed by atoms with Crippen LogP contribution in [-0.2, 0) is 0 Å². The summed E-state index contributed by atoms with van der Waals surface area (Å²) in [5.41, 5.74) is 1.71. The van der Waals surface area contributed by atoms with E-state index in [0.29, 0.717) is 29.7 Å². The Balaban J connectivity index is 1.87. The van der Waals surface area contributed by atoms with Crippen molar-refractivity contribution in [1.82, 2.24) is 9.97 Å². The number of anilines is 3. The van der Waals surface area contributed by atoms with Gasteiger partial charge >= 0.3 is 0 Å². The van der Waals surface area contributed by atoms with Crippen molar-refractivity contribution in [1.29, 1.82) is 0 Å². The van der Waals surface area contributed by atoms with E-state index in [1.165, 1.54) is 0 Å². The summed E-state index contributed by atoms with van der Waals surface area (Å²) in [7, 11) is 3.10. The van der Waals surface area contributed by atoms with Gasteiger partial charge < -0.3 is 19.7 Å². The lowest BCUT2D eigenvalue weighted by Gasteiger charge is -2.21. The zero-order chi connectivity index (χ0) is 19.9. The molecule has 1 heterocycles. The second-order valence-electron chi connectivity index (χ2n) is 5.84. The number of carbonyl (C=O) groups is 1. The van der Waals surface area contributed by atoms with Crippen LogP contribution in [0.2, 0.25) is 0 Å². The van der Waals surface area contributed by atoms with Gasteiger partial charge in [0.1, 0.15) is 17.2 Å². The van der Waals surface area contributed by atoms with Gasteiger partial charge in [0.25, 0.3) is 5.91 Å². The molecule has 0 saturated carbocycles. The van der Waals surface area contributed by atoms with Crippen molar-refractivity contribution in [2.24, 2.45) is 0 Å². The summed E-state index contributed by atoms with van der Waals surface area (Å²) >= 11 is 0. The number of carbonyl (C=O) groups excluding carboxylic acids is 1. The van der Waals surface area contributed by atoms with Gasteiger partial charge in [0.2, 0.25) is 5.95 Å². The van der Waals surface area contributed by atoms with E-state index in [1.54, 1.807) is 44.7 Å². The molecule has 7 heteroatoms. The molecule has 0 radical (unpaired) electrons. The Morgan fingerprint density at radius 3 is 2.54 bits per heavy atom. The molecule has 0 aliphatic rings. The monoisotopic (exact) mass is 378 g/mol. The fourth-order valence-electron chi connectivity index (χ4n) is 2.75. The zero-order valence-electron chi connectivity index (χ0n) is 16.0. The van der Waals surface area contributed by atoms with E-state index in [9.17, 15) is 4.79 Å². The van der Waals surface area contributed by atoms with Gasteiger partial charge in [-0.1, -0.05) is 18.2 Å². The van der Waals surface area contributed by atoms with E-state index < -0.39 is 0 Å². The Bertz CT molecular complexity index is 947. The van der Waals surface area contributed by atoms with Crippen molar-refractivity contribution in [3.63, 3.8) is 0 Å². The number of ether oxygens (including phenoxy) is 2. The summed E-state index contributed by atoms with van der Waals surface area (Å²) in [5.74, 6) is 1.24. The molecule has 3 rings (SSSR count). The molecule has 0 spiro atoms. The molecule has 0 aliphatic heterocycles. The van der Waals surface area contributed by atoms with Crippen LogP contribution in [0.1, 0.15) is 17.4 Å². The van der Waals surface area contributed by atoms with Crippen molar-refractivity contribution < 1.29 is 14.3 Å². The van der Waals surface area contributed by atoms with Crippen molar-refractivity contribution in [3.05, 3.63) is 66.5 Å². The molecule has 7 nitrogen and oxygen atoms in total. The number of hydrogen-bond acceptors (Lipinski definition) is 6. The normalized spacial score (nSPS) is 10.2. The number of amides is 1. The lowest BCUT2D eigenvalue weighted by molar-refractivity contribution is 0.102. The van der Waals surface area contributed by atoms with Gasteiger partial charge in [-0.15, -0.1) is 0 Å². The highest BCUT2D eigenvalue weighted by Crippen LogP contribution is 2.29. The van der Waals surface area contributed by atoms with Crippen LogP contribution < -0.4 is 19.7 Å². The maximum Gasteiger partial charge on any atom is 0.274 e. The van der Waals surface area contributed by atoms with Gasteiger partial charge in [0.15, 0.2) is 0 Å². The molecule has 28 heavy (non-hydrogen) atoms. The summed E-state index contributed by atoms with van der Waals surface area (Å²) in [4.78, 5) is 23.5. The minimum Gasteiger partial charge on any atom is -0.497 e. The Kier molecular flexibility index (Phi) is 6.06. The molecule has 1 N–H and O–H groups in total. The van der Waals surface area contributed by atoms with E-state index in [2.05, 4.69) is 15.3 Å². The predicted octanol–water partition coefficient (Wildman–Crippen LogP) is 3.90. The summed E-state index contributed by atoms with van der Waals surface area (Å²) in [6, 6.07) is 16.5. The molecule has 0 atom stereocenters. The largest absolute Gasteiger partial charge is 0.497 e. The van der Waals surface area contributed by atoms with Crippen molar-refractivity contribution >= 4 is 23.2 Å². The number of methoxy groups -OCH3 is 2. The maximum atomic E-state index is 12.8. The third-order valence-corrected chi connectivity index (χ3v) is 4.16. The molecule has 0 bridgehead atoms. The smallest absolute Gasteiger partial charge is 0.274 e.